The first-order chi connectivity index (χ1) is 10.8. The van der Waals surface area contributed by atoms with Crippen molar-refractivity contribution in [1.82, 2.24) is 0 Å². The number of hydrogen-bond acceptors (Lipinski definition) is 2. The highest BCUT2D eigenvalue weighted by molar-refractivity contribution is 6.07. The molecule has 0 aromatic heterocycles. The second kappa shape index (κ2) is 6.27. The van der Waals surface area contributed by atoms with Gasteiger partial charge in [-0.05, 0) is 28.0 Å². The van der Waals surface area contributed by atoms with Gasteiger partial charge in [0.2, 0.25) is 0 Å². The Hall–Kier alpha value is -2.87. The molecule has 3 aromatic rings. The molecule has 0 saturated carbocycles. The summed E-state index contributed by atoms with van der Waals surface area (Å²) in [6.45, 7) is 0. The smallest absolute Gasteiger partial charge is 0.338 e. The van der Waals surface area contributed by atoms with E-state index in [0.717, 1.165) is 21.9 Å². The van der Waals surface area contributed by atoms with Gasteiger partial charge >= 0.3 is 5.97 Å². The van der Waals surface area contributed by atoms with Crippen molar-refractivity contribution in [3.8, 4) is 0 Å². The van der Waals surface area contributed by atoms with Crippen LogP contribution >= 0.6 is 0 Å². The van der Waals surface area contributed by atoms with Crippen molar-refractivity contribution in [2.75, 3.05) is 7.11 Å². The number of carbonyl (C=O) groups is 1. The van der Waals surface area contributed by atoms with E-state index in [1.54, 1.807) is 0 Å². The summed E-state index contributed by atoms with van der Waals surface area (Å²) in [6.07, 6.45) is 4.14. The maximum Gasteiger partial charge on any atom is 0.338 e. The van der Waals surface area contributed by atoms with Crippen molar-refractivity contribution < 1.29 is 9.53 Å². The Morgan fingerprint density at radius 3 is 2.23 bits per heavy atom. The maximum absolute atomic E-state index is 11.9. The number of benzene rings is 3. The third-order valence-electron chi connectivity index (χ3n) is 3.62. The van der Waals surface area contributed by atoms with Gasteiger partial charge in [0.15, 0.2) is 0 Å². The number of fused-ring (bicyclic) bond motifs is 1. The van der Waals surface area contributed by atoms with E-state index in [4.69, 9.17) is 4.74 Å². The molecule has 0 aliphatic heterocycles. The third-order valence-corrected chi connectivity index (χ3v) is 3.62. The first-order valence-electron chi connectivity index (χ1n) is 7.13. The summed E-state index contributed by atoms with van der Waals surface area (Å²) in [4.78, 5) is 11.9. The van der Waals surface area contributed by atoms with Crippen molar-refractivity contribution in [2.24, 2.45) is 0 Å². The van der Waals surface area contributed by atoms with E-state index >= 15 is 0 Å². The molecule has 0 heterocycles. The number of ether oxygens (including phenoxy) is 1. The van der Waals surface area contributed by atoms with Gasteiger partial charge in [0, 0.05) is 0 Å². The molecule has 0 bridgehead atoms. The summed E-state index contributed by atoms with van der Waals surface area (Å²) in [6, 6.07) is 21.8. The van der Waals surface area contributed by atoms with E-state index < -0.39 is 0 Å². The first-order valence-corrected chi connectivity index (χ1v) is 7.13. The number of methoxy groups -OCH3 is 1. The third kappa shape index (κ3) is 2.77. The van der Waals surface area contributed by atoms with Crippen LogP contribution in [-0.4, -0.2) is 13.1 Å². The van der Waals surface area contributed by atoms with Gasteiger partial charge in [0.25, 0.3) is 0 Å². The van der Waals surface area contributed by atoms with E-state index in [1.165, 1.54) is 7.11 Å². The minimum atomic E-state index is -0.310. The predicted molar refractivity (Wildman–Crippen MR) is 90.7 cm³/mol. The van der Waals surface area contributed by atoms with Gasteiger partial charge in [-0.3, -0.25) is 0 Å². The second-order valence-electron chi connectivity index (χ2n) is 4.98. The molecule has 0 amide bonds. The van der Waals surface area contributed by atoms with Crippen molar-refractivity contribution in [3.63, 3.8) is 0 Å². The van der Waals surface area contributed by atoms with Crippen LogP contribution in [0.3, 0.4) is 0 Å². The first kappa shape index (κ1) is 14.1. The standard InChI is InChI=1S/C20H16O2/c1-22-20(21)19-14-13-16(17-9-5-6-10-18(17)19)12-11-15-7-3-2-4-8-15/h2-14H,1H3/b12-11+. The maximum atomic E-state index is 11.9. The zero-order chi connectivity index (χ0) is 15.4. The number of rotatable bonds is 3. The molecule has 0 N–H and O–H groups in total. The molecular formula is C20H16O2. The van der Waals surface area contributed by atoms with Crippen LogP contribution in [0.25, 0.3) is 22.9 Å². The van der Waals surface area contributed by atoms with Crippen LogP contribution in [0.15, 0.2) is 66.7 Å². The molecule has 2 heteroatoms. The molecule has 3 rings (SSSR count). The lowest BCUT2D eigenvalue weighted by molar-refractivity contribution is 0.0603. The van der Waals surface area contributed by atoms with Gasteiger partial charge in [-0.2, -0.15) is 0 Å². The van der Waals surface area contributed by atoms with Gasteiger partial charge in [0.05, 0.1) is 12.7 Å². The molecule has 0 unspecified atom stereocenters. The molecule has 0 fully saturated rings. The fraction of sp³-hybridized carbons (Fsp3) is 0.0500. The number of carbonyl (C=O) groups excluding carboxylic acids is 1. The van der Waals surface area contributed by atoms with Crippen LogP contribution in [0, 0.1) is 0 Å². The number of esters is 1. The summed E-state index contributed by atoms with van der Waals surface area (Å²) in [7, 11) is 1.40. The lowest BCUT2D eigenvalue weighted by Gasteiger charge is -2.07. The molecule has 108 valence electrons. The highest BCUT2D eigenvalue weighted by Gasteiger charge is 2.11. The topological polar surface area (TPSA) is 26.3 Å². The van der Waals surface area contributed by atoms with Crippen molar-refractivity contribution in [2.45, 2.75) is 0 Å². The highest BCUT2D eigenvalue weighted by Crippen LogP contribution is 2.25. The second-order valence-corrected chi connectivity index (χ2v) is 4.98. The average molecular weight is 288 g/mol. The van der Waals surface area contributed by atoms with E-state index in [9.17, 15) is 4.79 Å². The molecule has 2 nitrogen and oxygen atoms in total. The Morgan fingerprint density at radius 2 is 1.50 bits per heavy atom. The Kier molecular flexibility index (Phi) is 4.01. The van der Waals surface area contributed by atoms with Gasteiger partial charge in [-0.15, -0.1) is 0 Å². The van der Waals surface area contributed by atoms with Crippen LogP contribution in [0.4, 0.5) is 0 Å². The summed E-state index contributed by atoms with van der Waals surface area (Å²) in [5.41, 5.74) is 2.81. The Bertz CT molecular complexity index is 833. The molecule has 0 aliphatic carbocycles. The molecule has 0 radical (unpaired) electrons. The fourth-order valence-electron chi connectivity index (χ4n) is 2.51. The SMILES string of the molecule is COC(=O)c1ccc(/C=C/c2ccccc2)c2ccccc12. The number of hydrogen-bond donors (Lipinski definition) is 0. The molecular weight excluding hydrogens is 272 g/mol. The summed E-state index contributed by atoms with van der Waals surface area (Å²) in [5.74, 6) is -0.310. The summed E-state index contributed by atoms with van der Waals surface area (Å²) in [5, 5.41) is 1.95. The minimum absolute atomic E-state index is 0.310. The Labute approximate surface area is 129 Å². The molecule has 0 spiro atoms. The summed E-state index contributed by atoms with van der Waals surface area (Å²) >= 11 is 0. The van der Waals surface area contributed by atoms with Gasteiger partial charge in [0.1, 0.15) is 0 Å². The van der Waals surface area contributed by atoms with Crippen LogP contribution < -0.4 is 0 Å². The zero-order valence-electron chi connectivity index (χ0n) is 12.3. The molecule has 0 aliphatic rings. The normalized spacial score (nSPS) is 11.0. The molecule has 0 atom stereocenters. The van der Waals surface area contributed by atoms with E-state index in [2.05, 4.69) is 24.3 Å². The summed E-state index contributed by atoms with van der Waals surface area (Å²) < 4.78 is 4.86. The average Bonchev–Trinajstić information content (AvgIpc) is 2.60. The quantitative estimate of drug-likeness (QED) is 0.511. The minimum Gasteiger partial charge on any atom is -0.465 e. The highest BCUT2D eigenvalue weighted by atomic mass is 16.5. The van der Waals surface area contributed by atoms with E-state index in [-0.39, 0.29) is 5.97 Å². The van der Waals surface area contributed by atoms with Gasteiger partial charge in [-0.1, -0.05) is 72.8 Å². The van der Waals surface area contributed by atoms with Crippen LogP contribution in [0.5, 0.6) is 0 Å². The lowest BCUT2D eigenvalue weighted by atomic mass is 9.99. The van der Waals surface area contributed by atoms with Gasteiger partial charge < -0.3 is 4.74 Å². The van der Waals surface area contributed by atoms with Crippen molar-refractivity contribution >= 4 is 28.9 Å². The fourth-order valence-corrected chi connectivity index (χ4v) is 2.51. The molecule has 0 saturated heterocycles. The Morgan fingerprint density at radius 1 is 0.818 bits per heavy atom. The van der Waals surface area contributed by atoms with E-state index in [1.807, 2.05) is 54.6 Å². The molecule has 22 heavy (non-hydrogen) atoms. The lowest BCUT2D eigenvalue weighted by Crippen LogP contribution is -2.02. The van der Waals surface area contributed by atoms with E-state index in [0.29, 0.717) is 5.56 Å². The monoisotopic (exact) mass is 288 g/mol. The van der Waals surface area contributed by atoms with Crippen molar-refractivity contribution in [3.05, 3.63) is 83.4 Å². The largest absolute Gasteiger partial charge is 0.465 e. The van der Waals surface area contributed by atoms with Crippen LogP contribution in [0.2, 0.25) is 0 Å². The van der Waals surface area contributed by atoms with Crippen LogP contribution in [-0.2, 0) is 4.74 Å². The zero-order valence-corrected chi connectivity index (χ0v) is 12.3. The van der Waals surface area contributed by atoms with Crippen LogP contribution in [0.1, 0.15) is 21.5 Å². The molecule has 3 aromatic carbocycles. The predicted octanol–water partition coefficient (Wildman–Crippen LogP) is 4.80. The Balaban J connectivity index is 2.08. The van der Waals surface area contributed by atoms with Crippen molar-refractivity contribution in [1.29, 1.82) is 0 Å². The van der Waals surface area contributed by atoms with Gasteiger partial charge in [-0.25, -0.2) is 4.79 Å².